The van der Waals surface area contributed by atoms with Crippen LogP contribution >= 0.6 is 0 Å². The second-order valence-electron chi connectivity index (χ2n) is 4.95. The number of hydrogen-bond acceptors (Lipinski definition) is 3. The van der Waals surface area contributed by atoms with Gasteiger partial charge in [0, 0.05) is 25.1 Å². The number of rotatable bonds is 4. The van der Waals surface area contributed by atoms with Crippen molar-refractivity contribution in [2.24, 2.45) is 7.05 Å². The Bertz CT molecular complexity index is 697. The molecule has 1 amide bonds. The molecule has 1 aromatic carbocycles. The van der Waals surface area contributed by atoms with E-state index in [4.69, 9.17) is 0 Å². The highest BCUT2D eigenvalue weighted by molar-refractivity contribution is 5.91. The van der Waals surface area contributed by atoms with Crippen LogP contribution in [0.3, 0.4) is 0 Å². The van der Waals surface area contributed by atoms with Crippen molar-refractivity contribution in [1.29, 1.82) is 0 Å². The average Bonchev–Trinajstić information content (AvgIpc) is 2.86. The molecule has 0 saturated carbocycles. The van der Waals surface area contributed by atoms with E-state index in [1.807, 2.05) is 0 Å². The second-order valence-corrected chi connectivity index (χ2v) is 4.95. The van der Waals surface area contributed by atoms with Gasteiger partial charge < -0.3 is 15.0 Å². The van der Waals surface area contributed by atoms with Gasteiger partial charge in [-0.3, -0.25) is 4.79 Å². The fourth-order valence-electron chi connectivity index (χ4n) is 2.04. The number of carbonyl (C=O) groups is 1. The molecule has 0 bridgehead atoms. The first-order valence-electron chi connectivity index (χ1n) is 6.46. The zero-order chi connectivity index (χ0) is 17.3. The number of aryl methyl sites for hydroxylation is 1. The topological polar surface area (TPSA) is 67.1 Å². The molecule has 0 radical (unpaired) electrons. The molecule has 0 spiro atoms. The zero-order valence-corrected chi connectivity index (χ0v) is 11.9. The maximum absolute atomic E-state index is 13.3. The number of halogens is 4. The summed E-state index contributed by atoms with van der Waals surface area (Å²) >= 11 is 0. The summed E-state index contributed by atoms with van der Waals surface area (Å²) in [6.07, 6.45) is -4.07. The Morgan fingerprint density at radius 1 is 1.30 bits per heavy atom. The van der Waals surface area contributed by atoms with Crippen LogP contribution in [-0.4, -0.2) is 26.7 Å². The lowest BCUT2D eigenvalue weighted by atomic mass is 9.97. The number of aliphatic hydroxyl groups is 1. The summed E-state index contributed by atoms with van der Waals surface area (Å²) in [6.45, 7) is 0. The van der Waals surface area contributed by atoms with E-state index in [0.717, 1.165) is 22.9 Å². The minimum absolute atomic E-state index is 0.112. The summed E-state index contributed by atoms with van der Waals surface area (Å²) in [6, 6.07) is 4.48. The third kappa shape index (κ3) is 3.50. The molecule has 0 fully saturated rings. The lowest BCUT2D eigenvalue weighted by Gasteiger charge is -2.29. The van der Waals surface area contributed by atoms with Crippen molar-refractivity contribution >= 4 is 11.6 Å². The monoisotopic (exact) mass is 331 g/mol. The summed E-state index contributed by atoms with van der Waals surface area (Å²) in [7, 11) is 1.27. The molecule has 2 N–H and O–H groups in total. The third-order valence-electron chi connectivity index (χ3n) is 3.20. The van der Waals surface area contributed by atoms with Crippen LogP contribution in [0.4, 0.5) is 23.2 Å². The van der Waals surface area contributed by atoms with Crippen LogP contribution in [0.5, 0.6) is 0 Å². The van der Waals surface area contributed by atoms with Crippen LogP contribution in [0.1, 0.15) is 12.2 Å². The number of hydrogen-bond donors (Lipinski definition) is 2. The van der Waals surface area contributed by atoms with E-state index >= 15 is 0 Å². The minimum atomic E-state index is -5.10. The number of aromatic nitrogens is 2. The smallest absolute Gasteiger partial charge is 0.374 e. The first kappa shape index (κ1) is 16.9. The second kappa shape index (κ2) is 5.99. The molecular weight excluding hydrogens is 318 g/mol. The fourth-order valence-corrected chi connectivity index (χ4v) is 2.04. The van der Waals surface area contributed by atoms with Gasteiger partial charge in [-0.1, -0.05) is 0 Å². The summed E-state index contributed by atoms with van der Waals surface area (Å²) < 4.78 is 53.6. The SMILES string of the molecule is Cn1ccnc1[C@@](O)(CC(=O)Nc1ccc(F)cc1)C(F)(F)F. The molecule has 0 aliphatic heterocycles. The van der Waals surface area contributed by atoms with Crippen LogP contribution < -0.4 is 5.32 Å². The van der Waals surface area contributed by atoms with Gasteiger partial charge in [0.25, 0.3) is 0 Å². The first-order valence-corrected chi connectivity index (χ1v) is 6.46. The Morgan fingerprint density at radius 2 is 1.91 bits per heavy atom. The van der Waals surface area contributed by atoms with Gasteiger partial charge in [-0.15, -0.1) is 0 Å². The molecule has 9 heteroatoms. The fraction of sp³-hybridized carbons (Fsp3) is 0.286. The highest BCUT2D eigenvalue weighted by Crippen LogP contribution is 2.40. The van der Waals surface area contributed by atoms with Crippen molar-refractivity contribution in [3.63, 3.8) is 0 Å². The van der Waals surface area contributed by atoms with Crippen molar-refractivity contribution in [2.75, 3.05) is 5.32 Å². The normalized spacial score (nSPS) is 14.3. The number of carbonyl (C=O) groups excluding carboxylic acids is 1. The maximum Gasteiger partial charge on any atom is 0.425 e. The standard InChI is InChI=1S/C14H13F4N3O2/c1-21-7-6-19-12(21)13(23,14(16,17)18)8-11(22)20-10-4-2-9(15)3-5-10/h2-7,23H,8H2,1H3,(H,20,22)/t13-/m0/s1. The van der Waals surface area contributed by atoms with Gasteiger partial charge in [-0.2, -0.15) is 13.2 Å². The molecule has 0 unspecified atom stereocenters. The molecule has 1 aromatic heterocycles. The summed E-state index contributed by atoms with van der Waals surface area (Å²) in [5, 5.41) is 12.2. The number of nitrogens with one attached hydrogen (secondary N) is 1. The first-order chi connectivity index (χ1) is 10.6. The molecule has 0 aliphatic carbocycles. The third-order valence-corrected chi connectivity index (χ3v) is 3.20. The van der Waals surface area contributed by atoms with E-state index in [-0.39, 0.29) is 5.69 Å². The number of anilines is 1. The molecular formula is C14H13F4N3O2. The maximum atomic E-state index is 13.3. The Morgan fingerprint density at radius 3 is 2.39 bits per heavy atom. The van der Waals surface area contributed by atoms with Gasteiger partial charge in [-0.25, -0.2) is 9.37 Å². The predicted molar refractivity (Wildman–Crippen MR) is 72.8 cm³/mol. The van der Waals surface area contributed by atoms with Crippen LogP contribution in [0.2, 0.25) is 0 Å². The molecule has 2 rings (SSSR count). The largest absolute Gasteiger partial charge is 0.425 e. The number of benzene rings is 1. The van der Waals surface area contributed by atoms with Crippen molar-refractivity contribution < 1.29 is 27.5 Å². The summed E-state index contributed by atoms with van der Waals surface area (Å²) in [5.41, 5.74) is -3.32. The molecule has 2 aromatic rings. The van der Waals surface area contributed by atoms with Crippen molar-refractivity contribution in [1.82, 2.24) is 9.55 Å². The number of alkyl halides is 3. The number of imidazole rings is 1. The average molecular weight is 331 g/mol. The van der Waals surface area contributed by atoms with E-state index in [1.165, 1.54) is 25.4 Å². The van der Waals surface area contributed by atoms with Crippen LogP contribution in [-0.2, 0) is 17.4 Å². The van der Waals surface area contributed by atoms with Crippen LogP contribution in [0.15, 0.2) is 36.7 Å². The summed E-state index contributed by atoms with van der Waals surface area (Å²) in [4.78, 5) is 15.4. The molecule has 1 atom stereocenters. The van der Waals surface area contributed by atoms with Gasteiger partial charge >= 0.3 is 6.18 Å². The van der Waals surface area contributed by atoms with Gasteiger partial charge in [0.2, 0.25) is 11.5 Å². The highest BCUT2D eigenvalue weighted by Gasteiger charge is 2.58. The molecule has 23 heavy (non-hydrogen) atoms. The van der Waals surface area contributed by atoms with Crippen molar-refractivity contribution in [2.45, 2.75) is 18.2 Å². The van der Waals surface area contributed by atoms with Crippen molar-refractivity contribution in [3.8, 4) is 0 Å². The zero-order valence-electron chi connectivity index (χ0n) is 11.9. The number of nitrogens with zero attached hydrogens (tertiary/aromatic N) is 2. The molecule has 5 nitrogen and oxygen atoms in total. The molecule has 124 valence electrons. The van der Waals surface area contributed by atoms with Crippen LogP contribution in [0.25, 0.3) is 0 Å². The Kier molecular flexibility index (Phi) is 4.42. The molecule has 1 heterocycles. The quantitative estimate of drug-likeness (QED) is 0.845. The van der Waals surface area contributed by atoms with E-state index in [0.29, 0.717) is 0 Å². The Hall–Kier alpha value is -2.42. The van der Waals surface area contributed by atoms with E-state index in [9.17, 15) is 27.5 Å². The van der Waals surface area contributed by atoms with Gasteiger partial charge in [0.15, 0.2) is 5.82 Å². The molecule has 0 saturated heterocycles. The Labute approximate surface area is 128 Å². The van der Waals surface area contributed by atoms with E-state index < -0.39 is 35.7 Å². The predicted octanol–water partition coefficient (Wildman–Crippen LogP) is 2.34. The Balaban J connectivity index is 2.23. The van der Waals surface area contributed by atoms with E-state index in [2.05, 4.69) is 10.3 Å². The van der Waals surface area contributed by atoms with Gasteiger partial charge in [0.05, 0.1) is 6.42 Å². The van der Waals surface area contributed by atoms with Crippen molar-refractivity contribution in [3.05, 3.63) is 48.3 Å². The highest BCUT2D eigenvalue weighted by atomic mass is 19.4. The minimum Gasteiger partial charge on any atom is -0.374 e. The summed E-state index contributed by atoms with van der Waals surface area (Å²) in [5.74, 6) is -2.33. The van der Waals surface area contributed by atoms with Crippen LogP contribution in [0, 0.1) is 5.82 Å². The van der Waals surface area contributed by atoms with Gasteiger partial charge in [-0.05, 0) is 24.3 Å². The van der Waals surface area contributed by atoms with Gasteiger partial charge in [0.1, 0.15) is 5.82 Å². The lowest BCUT2D eigenvalue weighted by Crippen LogP contribution is -2.46. The number of amides is 1. The lowest BCUT2D eigenvalue weighted by molar-refractivity contribution is -0.270. The van der Waals surface area contributed by atoms with E-state index in [1.54, 1.807) is 0 Å². The molecule has 0 aliphatic rings.